The van der Waals surface area contributed by atoms with Gasteiger partial charge in [-0.3, -0.25) is 9.36 Å². The lowest BCUT2D eigenvalue weighted by Gasteiger charge is -2.14. The second-order valence-electron chi connectivity index (χ2n) is 8.80. The van der Waals surface area contributed by atoms with Gasteiger partial charge in [-0.05, 0) is 82.7 Å². The molecule has 0 saturated heterocycles. The highest BCUT2D eigenvalue weighted by Gasteiger charge is 2.13. The molecule has 4 heteroatoms. The lowest BCUT2D eigenvalue weighted by Crippen LogP contribution is -2.23. The van der Waals surface area contributed by atoms with Gasteiger partial charge in [-0.1, -0.05) is 72.5 Å². The third-order valence-corrected chi connectivity index (χ3v) is 7.07. The maximum atomic E-state index is 13.7. The smallest absolute Gasteiger partial charge is 0.266 e. The molecule has 2 aromatic heterocycles. The molecule has 0 aliphatic rings. The molecule has 0 spiro atoms. The van der Waals surface area contributed by atoms with Gasteiger partial charge >= 0.3 is 0 Å². The zero-order chi connectivity index (χ0) is 25.2. The lowest BCUT2D eigenvalue weighted by molar-refractivity contribution is 0.934. The van der Waals surface area contributed by atoms with Crippen LogP contribution in [0.5, 0.6) is 0 Å². The van der Waals surface area contributed by atoms with Crippen LogP contribution in [0.4, 0.5) is 0 Å². The normalized spacial score (nSPS) is 11.2. The highest BCUT2D eigenvalue weighted by molar-refractivity contribution is 7.10. The molecule has 0 bridgehead atoms. The molecule has 0 unspecified atom stereocenters. The van der Waals surface area contributed by atoms with Crippen LogP contribution < -0.4 is 5.56 Å². The van der Waals surface area contributed by atoms with Gasteiger partial charge < -0.3 is 0 Å². The Morgan fingerprint density at radius 1 is 0.811 bits per heavy atom. The minimum Gasteiger partial charge on any atom is -0.268 e. The Hall–Kier alpha value is -4.72. The van der Waals surface area contributed by atoms with Gasteiger partial charge in [-0.15, -0.1) is 11.3 Å². The van der Waals surface area contributed by atoms with Crippen molar-refractivity contribution in [3.05, 3.63) is 140 Å². The first-order chi connectivity index (χ1) is 18.2. The van der Waals surface area contributed by atoms with E-state index in [1.807, 2.05) is 91.2 Å². The van der Waals surface area contributed by atoms with E-state index in [0.717, 1.165) is 27.3 Å². The molecular formula is C33H22N2OS. The summed E-state index contributed by atoms with van der Waals surface area (Å²) in [4.78, 5) is 19.6. The second kappa shape index (κ2) is 9.73. The quantitative estimate of drug-likeness (QED) is 0.239. The number of rotatable bonds is 3. The molecule has 2 heterocycles. The van der Waals surface area contributed by atoms with Crippen molar-refractivity contribution in [3.63, 3.8) is 0 Å². The number of fused-ring (bicyclic) bond motifs is 2. The number of aromatic nitrogens is 2. The van der Waals surface area contributed by atoms with Gasteiger partial charge in [0.05, 0.1) is 21.5 Å². The van der Waals surface area contributed by atoms with Gasteiger partial charge in [0.25, 0.3) is 5.56 Å². The Morgan fingerprint density at radius 3 is 2.49 bits per heavy atom. The molecule has 0 saturated carbocycles. The van der Waals surface area contributed by atoms with Crippen LogP contribution in [-0.2, 0) is 0 Å². The largest absolute Gasteiger partial charge is 0.268 e. The molecule has 0 radical (unpaired) electrons. The molecule has 0 aliphatic heterocycles. The summed E-state index contributed by atoms with van der Waals surface area (Å²) >= 11 is 1.62. The van der Waals surface area contributed by atoms with Crippen molar-refractivity contribution in [3.8, 4) is 17.5 Å². The molecular weight excluding hydrogens is 472 g/mol. The van der Waals surface area contributed by atoms with Crippen molar-refractivity contribution in [1.82, 2.24) is 9.55 Å². The van der Waals surface area contributed by atoms with Crippen molar-refractivity contribution in [2.45, 2.75) is 6.92 Å². The molecule has 6 rings (SSSR count). The summed E-state index contributed by atoms with van der Waals surface area (Å²) in [6.45, 7) is 2.00. The van der Waals surface area contributed by atoms with E-state index in [2.05, 4.69) is 42.2 Å². The molecule has 4 aromatic carbocycles. The van der Waals surface area contributed by atoms with Gasteiger partial charge in [-0.25, -0.2) is 4.98 Å². The summed E-state index contributed by atoms with van der Waals surface area (Å²) in [6, 6.07) is 32.0. The first-order valence-electron chi connectivity index (χ1n) is 12.0. The number of para-hydroxylation sites is 1. The van der Waals surface area contributed by atoms with Crippen LogP contribution in [0.3, 0.4) is 0 Å². The van der Waals surface area contributed by atoms with E-state index < -0.39 is 0 Å². The lowest BCUT2D eigenvalue weighted by atomic mass is 10.1. The standard InChI is InChI=1S/C33H22N2OS/c1-23-21-24(13-17-28-9-6-20-37-28)14-18-31(23)35-32(34-30-11-5-4-10-29(30)33(35)36)19-15-25-12-16-26-7-2-3-8-27(26)22-25/h2-12,14-16,18-22H,1H3/b19-15+. The van der Waals surface area contributed by atoms with E-state index in [-0.39, 0.29) is 5.56 Å². The Labute approximate surface area is 219 Å². The third-order valence-electron chi connectivity index (χ3n) is 6.29. The second-order valence-corrected chi connectivity index (χ2v) is 9.74. The number of hydrogen-bond acceptors (Lipinski definition) is 3. The SMILES string of the molecule is Cc1cc(C#Cc2cccs2)ccc1-n1c(/C=C/c2ccc3ccccc3c2)nc2ccccc2c1=O. The third kappa shape index (κ3) is 4.61. The van der Waals surface area contributed by atoms with E-state index in [4.69, 9.17) is 4.98 Å². The fourth-order valence-corrected chi connectivity index (χ4v) is 5.02. The monoisotopic (exact) mass is 494 g/mol. The van der Waals surface area contributed by atoms with Crippen molar-refractivity contribution in [2.75, 3.05) is 0 Å². The number of aryl methyl sites for hydroxylation is 1. The van der Waals surface area contributed by atoms with Crippen LogP contribution in [-0.4, -0.2) is 9.55 Å². The first kappa shape index (κ1) is 22.7. The van der Waals surface area contributed by atoms with Crippen LogP contribution in [0, 0.1) is 18.8 Å². The zero-order valence-electron chi connectivity index (χ0n) is 20.2. The van der Waals surface area contributed by atoms with Gasteiger partial charge in [0, 0.05) is 5.56 Å². The Bertz CT molecular complexity index is 1920. The van der Waals surface area contributed by atoms with E-state index in [9.17, 15) is 4.79 Å². The average Bonchev–Trinajstić information content (AvgIpc) is 3.45. The van der Waals surface area contributed by atoms with E-state index in [1.165, 1.54) is 10.8 Å². The summed E-state index contributed by atoms with van der Waals surface area (Å²) in [6.07, 6.45) is 3.93. The average molecular weight is 495 g/mol. The van der Waals surface area contributed by atoms with Crippen LogP contribution in [0.1, 0.15) is 27.4 Å². The molecule has 0 N–H and O–H groups in total. The molecule has 0 fully saturated rings. The predicted octanol–water partition coefficient (Wildman–Crippen LogP) is 7.48. The minimum atomic E-state index is -0.0933. The zero-order valence-corrected chi connectivity index (χ0v) is 21.0. The Morgan fingerprint density at radius 2 is 1.65 bits per heavy atom. The summed E-state index contributed by atoms with van der Waals surface area (Å²) in [5, 5.41) is 4.97. The maximum Gasteiger partial charge on any atom is 0.266 e. The Kier molecular flexibility index (Phi) is 5.98. The summed E-state index contributed by atoms with van der Waals surface area (Å²) in [5.74, 6) is 7.01. The topological polar surface area (TPSA) is 34.9 Å². The van der Waals surface area contributed by atoms with Crippen LogP contribution >= 0.6 is 11.3 Å². The van der Waals surface area contributed by atoms with Crippen molar-refractivity contribution in [1.29, 1.82) is 0 Å². The number of nitrogens with zero attached hydrogens (tertiary/aromatic N) is 2. The molecule has 0 atom stereocenters. The van der Waals surface area contributed by atoms with Crippen molar-refractivity contribution in [2.24, 2.45) is 0 Å². The predicted molar refractivity (Wildman–Crippen MR) is 155 cm³/mol. The number of hydrogen-bond donors (Lipinski definition) is 0. The molecule has 37 heavy (non-hydrogen) atoms. The summed E-state index contributed by atoms with van der Waals surface area (Å²) < 4.78 is 1.70. The van der Waals surface area contributed by atoms with Crippen LogP contribution in [0.25, 0.3) is 39.5 Å². The first-order valence-corrected chi connectivity index (χ1v) is 12.9. The highest BCUT2D eigenvalue weighted by atomic mass is 32.1. The van der Waals surface area contributed by atoms with Gasteiger partial charge in [0.15, 0.2) is 0 Å². The van der Waals surface area contributed by atoms with E-state index in [0.29, 0.717) is 16.7 Å². The summed E-state index contributed by atoms with van der Waals surface area (Å²) in [5.41, 5.74) is 4.29. The molecule has 3 nitrogen and oxygen atoms in total. The fraction of sp³-hybridized carbons (Fsp3) is 0.0303. The number of thiophene rings is 1. The maximum absolute atomic E-state index is 13.7. The molecule has 0 amide bonds. The van der Waals surface area contributed by atoms with Gasteiger partial charge in [-0.2, -0.15) is 0 Å². The number of benzene rings is 4. The van der Waals surface area contributed by atoms with Gasteiger partial charge in [0.1, 0.15) is 5.82 Å². The van der Waals surface area contributed by atoms with Crippen molar-refractivity contribution < 1.29 is 0 Å². The highest BCUT2D eigenvalue weighted by Crippen LogP contribution is 2.21. The molecule has 176 valence electrons. The van der Waals surface area contributed by atoms with Crippen LogP contribution in [0.2, 0.25) is 0 Å². The van der Waals surface area contributed by atoms with Crippen molar-refractivity contribution >= 4 is 45.2 Å². The van der Waals surface area contributed by atoms with E-state index in [1.54, 1.807) is 15.9 Å². The molecule has 0 aliphatic carbocycles. The van der Waals surface area contributed by atoms with E-state index >= 15 is 0 Å². The minimum absolute atomic E-state index is 0.0933. The summed E-state index contributed by atoms with van der Waals surface area (Å²) in [7, 11) is 0. The molecule has 6 aromatic rings. The fourth-order valence-electron chi connectivity index (χ4n) is 4.44. The Balaban J connectivity index is 1.46. The van der Waals surface area contributed by atoms with Crippen LogP contribution in [0.15, 0.2) is 107 Å². The van der Waals surface area contributed by atoms with Gasteiger partial charge in [0.2, 0.25) is 0 Å².